The first-order valence-electron chi connectivity index (χ1n) is 8.82. The number of imidazole rings is 1. The third-order valence-corrected chi connectivity index (χ3v) is 5.06. The van der Waals surface area contributed by atoms with Crippen LogP contribution in [0.15, 0.2) is 35.5 Å². The minimum absolute atomic E-state index is 0.0723. The molecule has 1 amide bonds. The van der Waals surface area contributed by atoms with Crippen molar-refractivity contribution in [3.63, 3.8) is 0 Å². The van der Waals surface area contributed by atoms with Gasteiger partial charge < -0.3 is 14.0 Å². The topological polar surface area (TPSA) is 82.0 Å². The third-order valence-electron chi connectivity index (χ3n) is 5.06. The Morgan fingerprint density at radius 1 is 1.42 bits per heavy atom. The summed E-state index contributed by atoms with van der Waals surface area (Å²) < 4.78 is 9.24. The fourth-order valence-corrected chi connectivity index (χ4v) is 3.50. The molecule has 8 nitrogen and oxygen atoms in total. The van der Waals surface area contributed by atoms with Crippen LogP contribution in [-0.2, 0) is 13.6 Å². The molecule has 0 unspecified atom stereocenters. The average molecular weight is 354 g/mol. The molecule has 4 heterocycles. The number of aromatic nitrogens is 5. The van der Waals surface area contributed by atoms with E-state index in [1.54, 1.807) is 23.1 Å². The van der Waals surface area contributed by atoms with Crippen LogP contribution in [0.2, 0.25) is 0 Å². The first kappa shape index (κ1) is 16.6. The van der Waals surface area contributed by atoms with Crippen molar-refractivity contribution in [2.24, 2.45) is 13.0 Å². The second kappa shape index (κ2) is 6.78. The van der Waals surface area contributed by atoms with Crippen LogP contribution in [0.4, 0.5) is 0 Å². The lowest BCUT2D eigenvalue weighted by atomic mass is 9.97. The van der Waals surface area contributed by atoms with Crippen molar-refractivity contribution < 1.29 is 9.32 Å². The van der Waals surface area contributed by atoms with Crippen molar-refractivity contribution >= 4 is 5.91 Å². The van der Waals surface area contributed by atoms with Gasteiger partial charge in [-0.3, -0.25) is 9.48 Å². The number of nitrogens with zero attached hydrogens (tertiary/aromatic N) is 6. The molecule has 0 aromatic carbocycles. The molecular formula is C18H22N6O2. The molecular weight excluding hydrogens is 332 g/mol. The second-order valence-electron chi connectivity index (χ2n) is 6.86. The highest BCUT2D eigenvalue weighted by Crippen LogP contribution is 2.25. The molecule has 0 spiro atoms. The summed E-state index contributed by atoms with van der Waals surface area (Å²) in [6.45, 7) is 4.32. The maximum absolute atomic E-state index is 12.8. The molecule has 8 heteroatoms. The molecule has 136 valence electrons. The number of likely N-dealkylation sites (tertiary alicyclic amines) is 1. The van der Waals surface area contributed by atoms with Crippen LogP contribution in [0.1, 0.15) is 29.0 Å². The Balaban J connectivity index is 1.46. The van der Waals surface area contributed by atoms with Crippen LogP contribution in [0.25, 0.3) is 11.3 Å². The fraction of sp³-hybridized carbons (Fsp3) is 0.444. The van der Waals surface area contributed by atoms with E-state index >= 15 is 0 Å². The van der Waals surface area contributed by atoms with Gasteiger partial charge in [-0.05, 0) is 25.7 Å². The third kappa shape index (κ3) is 3.14. The minimum Gasteiger partial charge on any atom is -0.355 e. The summed E-state index contributed by atoms with van der Waals surface area (Å²) in [7, 11) is 1.87. The summed E-state index contributed by atoms with van der Waals surface area (Å²) in [5, 5.41) is 8.21. The quantitative estimate of drug-likeness (QED) is 0.717. The normalized spacial score (nSPS) is 17.6. The highest BCUT2D eigenvalue weighted by Gasteiger charge is 2.27. The zero-order valence-corrected chi connectivity index (χ0v) is 15.0. The summed E-state index contributed by atoms with van der Waals surface area (Å²) >= 11 is 0. The maximum atomic E-state index is 12.8. The van der Waals surface area contributed by atoms with Crippen molar-refractivity contribution in [2.45, 2.75) is 26.3 Å². The lowest BCUT2D eigenvalue weighted by Gasteiger charge is -2.32. The molecule has 0 radical (unpaired) electrons. The summed E-state index contributed by atoms with van der Waals surface area (Å²) in [6.07, 6.45) is 9.40. The Bertz CT molecular complexity index is 895. The predicted molar refractivity (Wildman–Crippen MR) is 94.3 cm³/mol. The molecule has 1 saturated heterocycles. The van der Waals surface area contributed by atoms with E-state index in [1.807, 2.05) is 31.4 Å². The van der Waals surface area contributed by atoms with Gasteiger partial charge in [-0.1, -0.05) is 5.16 Å². The summed E-state index contributed by atoms with van der Waals surface area (Å²) in [5.74, 6) is 0.927. The maximum Gasteiger partial charge on any atom is 0.276 e. The van der Waals surface area contributed by atoms with E-state index in [1.165, 1.54) is 0 Å². The molecule has 1 fully saturated rings. The van der Waals surface area contributed by atoms with E-state index in [0.29, 0.717) is 17.4 Å². The van der Waals surface area contributed by atoms with Crippen LogP contribution in [0, 0.1) is 12.8 Å². The van der Waals surface area contributed by atoms with Crippen molar-refractivity contribution in [1.82, 2.24) is 29.4 Å². The largest absolute Gasteiger partial charge is 0.355 e. The Morgan fingerprint density at radius 2 is 2.31 bits per heavy atom. The Labute approximate surface area is 151 Å². The molecule has 26 heavy (non-hydrogen) atoms. The lowest BCUT2D eigenvalue weighted by Crippen LogP contribution is -2.41. The molecule has 0 saturated carbocycles. The van der Waals surface area contributed by atoms with Gasteiger partial charge in [-0.25, -0.2) is 4.98 Å². The first-order valence-corrected chi connectivity index (χ1v) is 8.82. The Kier molecular flexibility index (Phi) is 4.32. The molecule has 0 aliphatic carbocycles. The number of hydrogen-bond acceptors (Lipinski definition) is 5. The molecule has 3 aromatic heterocycles. The van der Waals surface area contributed by atoms with Gasteiger partial charge in [0.05, 0.1) is 18.1 Å². The highest BCUT2D eigenvalue weighted by atomic mass is 16.5. The van der Waals surface area contributed by atoms with Gasteiger partial charge in [0.1, 0.15) is 0 Å². The van der Waals surface area contributed by atoms with E-state index in [0.717, 1.165) is 43.7 Å². The van der Waals surface area contributed by atoms with Crippen LogP contribution in [0.3, 0.4) is 0 Å². The van der Waals surface area contributed by atoms with E-state index in [-0.39, 0.29) is 5.91 Å². The summed E-state index contributed by atoms with van der Waals surface area (Å²) in [6, 6.07) is 1.71. The van der Waals surface area contributed by atoms with Crippen LogP contribution >= 0.6 is 0 Å². The van der Waals surface area contributed by atoms with Crippen molar-refractivity contribution in [1.29, 1.82) is 0 Å². The van der Waals surface area contributed by atoms with E-state index in [9.17, 15) is 4.79 Å². The summed E-state index contributed by atoms with van der Waals surface area (Å²) in [4.78, 5) is 18.8. The van der Waals surface area contributed by atoms with Gasteiger partial charge in [0, 0.05) is 50.8 Å². The Hall–Kier alpha value is -2.90. The van der Waals surface area contributed by atoms with Gasteiger partial charge >= 0.3 is 0 Å². The average Bonchev–Trinajstić information content (AvgIpc) is 3.38. The molecule has 3 aromatic rings. The monoisotopic (exact) mass is 354 g/mol. The second-order valence-corrected chi connectivity index (χ2v) is 6.86. The van der Waals surface area contributed by atoms with Gasteiger partial charge in [0.25, 0.3) is 5.91 Å². The van der Waals surface area contributed by atoms with Crippen molar-refractivity contribution in [3.8, 4) is 11.3 Å². The smallest absolute Gasteiger partial charge is 0.276 e. The number of rotatable bonds is 4. The van der Waals surface area contributed by atoms with Gasteiger partial charge in [-0.15, -0.1) is 0 Å². The van der Waals surface area contributed by atoms with E-state index in [4.69, 9.17) is 4.52 Å². The molecule has 4 rings (SSSR count). The number of piperidine rings is 1. The number of amides is 1. The van der Waals surface area contributed by atoms with Gasteiger partial charge in [-0.2, -0.15) is 5.10 Å². The number of carbonyl (C=O) groups is 1. The van der Waals surface area contributed by atoms with Crippen LogP contribution in [-0.4, -0.2) is 48.4 Å². The van der Waals surface area contributed by atoms with E-state index < -0.39 is 0 Å². The predicted octanol–water partition coefficient (Wildman–Crippen LogP) is 2.13. The first-order chi connectivity index (χ1) is 12.6. The molecule has 1 aliphatic rings. The molecule has 0 bridgehead atoms. The highest BCUT2D eigenvalue weighted by molar-refractivity contribution is 5.93. The van der Waals surface area contributed by atoms with Crippen LogP contribution < -0.4 is 0 Å². The Morgan fingerprint density at radius 3 is 3.04 bits per heavy atom. The molecule has 1 atom stereocenters. The molecule has 0 N–H and O–H groups in total. The van der Waals surface area contributed by atoms with Gasteiger partial charge in [0.15, 0.2) is 11.5 Å². The minimum atomic E-state index is -0.0723. The van der Waals surface area contributed by atoms with Crippen LogP contribution in [0.5, 0.6) is 0 Å². The van der Waals surface area contributed by atoms with E-state index in [2.05, 4.69) is 19.8 Å². The SMILES string of the molecule is Cc1c(-c2cc(C(=O)N3CCC[C@H](Cn4ccnc4)C3)no2)cnn1C. The zero-order chi connectivity index (χ0) is 18.1. The molecule has 1 aliphatic heterocycles. The number of carbonyl (C=O) groups excluding carboxylic acids is 1. The van der Waals surface area contributed by atoms with Crippen molar-refractivity contribution in [3.05, 3.63) is 42.4 Å². The lowest BCUT2D eigenvalue weighted by molar-refractivity contribution is 0.0652. The standard InChI is InChI=1S/C18H22N6O2/c1-13-15(9-20-22(13)2)17-8-16(21-26-17)18(25)24-6-3-4-14(11-24)10-23-7-5-19-12-23/h5,7-9,12,14H,3-4,6,10-11H2,1-2H3/t14-/m1/s1. The fourth-order valence-electron chi connectivity index (χ4n) is 3.50. The number of hydrogen-bond donors (Lipinski definition) is 0. The zero-order valence-electron chi connectivity index (χ0n) is 15.0. The number of aryl methyl sites for hydroxylation is 1. The summed E-state index contributed by atoms with van der Waals surface area (Å²) in [5.41, 5.74) is 2.18. The van der Waals surface area contributed by atoms with Gasteiger partial charge in [0.2, 0.25) is 0 Å². The van der Waals surface area contributed by atoms with Crippen molar-refractivity contribution in [2.75, 3.05) is 13.1 Å².